The van der Waals surface area contributed by atoms with E-state index >= 15 is 0 Å². The molecule has 1 fully saturated rings. The number of likely N-dealkylation sites (tertiary alicyclic amines) is 1. The van der Waals surface area contributed by atoms with E-state index in [2.05, 4.69) is 12.2 Å². The van der Waals surface area contributed by atoms with E-state index < -0.39 is 0 Å². The molecule has 2 amide bonds. The highest BCUT2D eigenvalue weighted by Crippen LogP contribution is 2.18. The highest BCUT2D eigenvalue weighted by Gasteiger charge is 2.26. The van der Waals surface area contributed by atoms with Crippen molar-refractivity contribution >= 4 is 24.2 Å². The van der Waals surface area contributed by atoms with Crippen molar-refractivity contribution in [1.82, 2.24) is 10.2 Å². The molecule has 0 aromatic rings. The van der Waals surface area contributed by atoms with Crippen molar-refractivity contribution in [3.8, 4) is 0 Å². The fourth-order valence-electron chi connectivity index (χ4n) is 2.46. The minimum absolute atomic E-state index is 0. The lowest BCUT2D eigenvalue weighted by Crippen LogP contribution is -2.49. The van der Waals surface area contributed by atoms with E-state index in [9.17, 15) is 9.59 Å². The summed E-state index contributed by atoms with van der Waals surface area (Å²) in [5.41, 5.74) is 5.34. The van der Waals surface area contributed by atoms with Crippen molar-refractivity contribution in [3.63, 3.8) is 0 Å². The minimum Gasteiger partial charge on any atom is -0.354 e. The Bertz CT molecular complexity index is 300. The van der Waals surface area contributed by atoms with E-state index in [1.54, 1.807) is 0 Å². The van der Waals surface area contributed by atoms with Crippen molar-refractivity contribution in [2.75, 3.05) is 19.6 Å². The normalized spacial score (nSPS) is 18.3. The second kappa shape index (κ2) is 10.9. The maximum atomic E-state index is 12.1. The lowest BCUT2D eigenvalue weighted by atomic mass is 10.0. The van der Waals surface area contributed by atoms with Crippen LogP contribution in [-0.2, 0) is 9.59 Å². The number of unbranched alkanes of at least 4 members (excludes halogenated alkanes) is 1. The van der Waals surface area contributed by atoms with Crippen LogP contribution in [0, 0.1) is 0 Å². The molecule has 1 unspecified atom stereocenters. The number of hydrogen-bond acceptors (Lipinski definition) is 3. The Morgan fingerprint density at radius 2 is 2.05 bits per heavy atom. The molecule has 0 saturated carbocycles. The average molecular weight is 306 g/mol. The lowest BCUT2D eigenvalue weighted by molar-refractivity contribution is -0.135. The summed E-state index contributed by atoms with van der Waals surface area (Å²) in [6.07, 6.45) is 6.17. The number of carbonyl (C=O) groups excluding carboxylic acids is 2. The molecule has 6 heteroatoms. The van der Waals surface area contributed by atoms with Gasteiger partial charge < -0.3 is 16.0 Å². The molecule has 0 bridgehead atoms. The lowest BCUT2D eigenvalue weighted by Gasteiger charge is -2.36. The fourth-order valence-corrected chi connectivity index (χ4v) is 2.46. The third-order valence-corrected chi connectivity index (χ3v) is 3.60. The molecule has 0 aliphatic carbocycles. The topological polar surface area (TPSA) is 75.4 Å². The van der Waals surface area contributed by atoms with E-state index in [0.717, 1.165) is 38.6 Å². The molecule has 1 rings (SSSR count). The largest absolute Gasteiger partial charge is 0.354 e. The number of nitrogens with one attached hydrogen (secondary N) is 1. The molecule has 0 aromatic carbocycles. The minimum atomic E-state index is -0.0194. The Labute approximate surface area is 128 Å². The van der Waals surface area contributed by atoms with E-state index in [-0.39, 0.29) is 30.3 Å². The fraction of sp³-hybridized carbons (Fsp3) is 0.857. The van der Waals surface area contributed by atoms with Crippen LogP contribution in [0.1, 0.15) is 51.9 Å². The van der Waals surface area contributed by atoms with Gasteiger partial charge in [0.25, 0.3) is 0 Å². The van der Waals surface area contributed by atoms with Gasteiger partial charge in [0.15, 0.2) is 0 Å². The van der Waals surface area contributed by atoms with E-state index in [4.69, 9.17) is 5.73 Å². The van der Waals surface area contributed by atoms with Crippen molar-refractivity contribution in [3.05, 3.63) is 0 Å². The van der Waals surface area contributed by atoms with Crippen LogP contribution < -0.4 is 11.1 Å². The van der Waals surface area contributed by atoms with Gasteiger partial charge in [-0.25, -0.2) is 0 Å². The van der Waals surface area contributed by atoms with Crippen LogP contribution in [0.25, 0.3) is 0 Å². The molecule has 3 N–H and O–H groups in total. The van der Waals surface area contributed by atoms with Gasteiger partial charge in [-0.05, 0) is 25.7 Å². The number of amides is 2. The predicted octanol–water partition coefficient (Wildman–Crippen LogP) is 1.44. The van der Waals surface area contributed by atoms with E-state index in [0.29, 0.717) is 25.9 Å². The number of piperidine rings is 1. The number of rotatable bonds is 7. The summed E-state index contributed by atoms with van der Waals surface area (Å²) in [5.74, 6) is 0.216. The maximum Gasteiger partial charge on any atom is 0.222 e. The quantitative estimate of drug-likeness (QED) is 0.747. The molecule has 0 spiro atoms. The van der Waals surface area contributed by atoms with Gasteiger partial charge in [0.05, 0.1) is 0 Å². The summed E-state index contributed by atoms with van der Waals surface area (Å²) in [5, 5.41) is 2.88. The average Bonchev–Trinajstić information content (AvgIpc) is 2.43. The first kappa shape index (κ1) is 19.2. The SMILES string of the molecule is CCCCC(=O)N1CCCCC1CNC(=O)CCN.Cl. The zero-order chi connectivity index (χ0) is 14.1. The summed E-state index contributed by atoms with van der Waals surface area (Å²) in [4.78, 5) is 25.5. The molecule has 0 aromatic heterocycles. The molecule has 1 heterocycles. The van der Waals surface area contributed by atoms with Crippen molar-refractivity contribution < 1.29 is 9.59 Å². The van der Waals surface area contributed by atoms with Gasteiger partial charge in [-0.1, -0.05) is 13.3 Å². The van der Waals surface area contributed by atoms with Gasteiger partial charge >= 0.3 is 0 Å². The van der Waals surface area contributed by atoms with Crippen LogP contribution in [-0.4, -0.2) is 42.4 Å². The summed E-state index contributed by atoms with van der Waals surface area (Å²) in [6, 6.07) is 0.167. The second-order valence-electron chi connectivity index (χ2n) is 5.18. The third kappa shape index (κ3) is 6.57. The second-order valence-corrected chi connectivity index (χ2v) is 5.18. The monoisotopic (exact) mass is 305 g/mol. The van der Waals surface area contributed by atoms with Crippen LogP contribution >= 0.6 is 12.4 Å². The number of halogens is 1. The maximum absolute atomic E-state index is 12.1. The number of hydrogen-bond donors (Lipinski definition) is 2. The van der Waals surface area contributed by atoms with Crippen molar-refractivity contribution in [2.24, 2.45) is 5.73 Å². The molecule has 5 nitrogen and oxygen atoms in total. The summed E-state index contributed by atoms with van der Waals surface area (Å²) < 4.78 is 0. The Morgan fingerprint density at radius 1 is 1.30 bits per heavy atom. The Morgan fingerprint density at radius 3 is 2.70 bits per heavy atom. The zero-order valence-electron chi connectivity index (χ0n) is 12.4. The molecule has 1 aliphatic heterocycles. The molecule has 1 atom stereocenters. The third-order valence-electron chi connectivity index (χ3n) is 3.60. The predicted molar refractivity (Wildman–Crippen MR) is 82.8 cm³/mol. The molecule has 1 aliphatic rings. The first-order valence-corrected chi connectivity index (χ1v) is 7.45. The number of nitrogens with zero attached hydrogens (tertiary/aromatic N) is 1. The first-order valence-electron chi connectivity index (χ1n) is 7.45. The first-order chi connectivity index (χ1) is 9.19. The van der Waals surface area contributed by atoms with Crippen LogP contribution in [0.3, 0.4) is 0 Å². The van der Waals surface area contributed by atoms with Crippen LogP contribution in [0.2, 0.25) is 0 Å². The Hall–Kier alpha value is -0.810. The number of carbonyl (C=O) groups is 2. The van der Waals surface area contributed by atoms with Crippen LogP contribution in [0.4, 0.5) is 0 Å². The molecular formula is C14H28ClN3O2. The van der Waals surface area contributed by atoms with Gasteiger partial charge in [0, 0.05) is 38.5 Å². The highest BCUT2D eigenvalue weighted by molar-refractivity contribution is 5.85. The van der Waals surface area contributed by atoms with Gasteiger partial charge in [-0.15, -0.1) is 12.4 Å². The van der Waals surface area contributed by atoms with Gasteiger partial charge in [-0.3, -0.25) is 9.59 Å². The molecule has 118 valence electrons. The molecule has 20 heavy (non-hydrogen) atoms. The summed E-state index contributed by atoms with van der Waals surface area (Å²) in [6.45, 7) is 3.86. The molecular weight excluding hydrogens is 278 g/mol. The van der Waals surface area contributed by atoms with Gasteiger partial charge in [-0.2, -0.15) is 0 Å². The smallest absolute Gasteiger partial charge is 0.222 e. The zero-order valence-corrected chi connectivity index (χ0v) is 13.2. The van der Waals surface area contributed by atoms with Gasteiger partial charge in [0.1, 0.15) is 0 Å². The summed E-state index contributed by atoms with van der Waals surface area (Å²) in [7, 11) is 0. The highest BCUT2D eigenvalue weighted by atomic mass is 35.5. The molecule has 0 radical (unpaired) electrons. The van der Waals surface area contributed by atoms with E-state index in [1.807, 2.05) is 4.90 Å². The molecule has 1 saturated heterocycles. The van der Waals surface area contributed by atoms with Crippen molar-refractivity contribution in [2.45, 2.75) is 57.9 Å². The Balaban J connectivity index is 0.00000361. The Kier molecular flexibility index (Phi) is 10.5. The van der Waals surface area contributed by atoms with Crippen molar-refractivity contribution in [1.29, 1.82) is 0 Å². The number of nitrogens with two attached hydrogens (primary N) is 1. The van der Waals surface area contributed by atoms with Crippen LogP contribution in [0.15, 0.2) is 0 Å². The van der Waals surface area contributed by atoms with Crippen LogP contribution in [0.5, 0.6) is 0 Å². The summed E-state index contributed by atoms with van der Waals surface area (Å²) >= 11 is 0. The standard InChI is InChI=1S/C14H27N3O2.ClH/c1-2-3-7-14(19)17-10-5-4-6-12(17)11-16-13(18)8-9-15;/h12H,2-11,15H2,1H3,(H,16,18);1H. The van der Waals surface area contributed by atoms with Gasteiger partial charge in [0.2, 0.25) is 11.8 Å². The van der Waals surface area contributed by atoms with E-state index in [1.165, 1.54) is 0 Å².